The fourth-order valence-corrected chi connectivity index (χ4v) is 5.21. The summed E-state index contributed by atoms with van der Waals surface area (Å²) in [6.07, 6.45) is 2.40. The molecule has 0 aliphatic carbocycles. The fourth-order valence-electron chi connectivity index (χ4n) is 3.65. The molecule has 0 spiro atoms. The van der Waals surface area contributed by atoms with Crippen molar-refractivity contribution in [2.45, 2.75) is 37.0 Å². The first-order chi connectivity index (χ1) is 13.9. The normalized spacial score (nSPS) is 16.6. The van der Waals surface area contributed by atoms with Gasteiger partial charge >= 0.3 is 0 Å². The molecule has 5 nitrogen and oxygen atoms in total. The molecule has 1 saturated heterocycles. The Bertz CT molecular complexity index is 926. The van der Waals surface area contributed by atoms with Gasteiger partial charge in [-0.05, 0) is 42.9 Å². The van der Waals surface area contributed by atoms with Crippen molar-refractivity contribution >= 4 is 27.5 Å². The number of rotatable bonds is 7. The molecule has 0 bridgehead atoms. The van der Waals surface area contributed by atoms with Crippen LogP contribution in [0.4, 0.5) is 0 Å². The Morgan fingerprint density at radius 1 is 1.10 bits per heavy atom. The lowest BCUT2D eigenvalue weighted by atomic mass is 9.92. The number of piperidine rings is 1. The Labute approximate surface area is 178 Å². The number of likely N-dealkylation sites (tertiary alicyclic amines) is 1. The third-order valence-electron chi connectivity index (χ3n) is 5.45. The van der Waals surface area contributed by atoms with Crippen LogP contribution in [0.15, 0.2) is 59.5 Å². The number of benzene rings is 2. The number of hydrogen-bond acceptors (Lipinski definition) is 3. The van der Waals surface area contributed by atoms with Gasteiger partial charge in [0.2, 0.25) is 15.9 Å². The Balaban J connectivity index is 1.71. The summed E-state index contributed by atoms with van der Waals surface area (Å²) in [6, 6.07) is 15.9. The second-order valence-electron chi connectivity index (χ2n) is 7.59. The van der Waals surface area contributed by atoms with Crippen LogP contribution in [0.1, 0.15) is 37.7 Å². The third kappa shape index (κ3) is 5.59. The van der Waals surface area contributed by atoms with Crippen molar-refractivity contribution < 1.29 is 13.2 Å². The lowest BCUT2D eigenvalue weighted by molar-refractivity contribution is -0.134. The van der Waals surface area contributed by atoms with E-state index in [-0.39, 0.29) is 28.3 Å². The predicted molar refractivity (Wildman–Crippen MR) is 115 cm³/mol. The topological polar surface area (TPSA) is 66.5 Å². The van der Waals surface area contributed by atoms with Crippen molar-refractivity contribution in [3.63, 3.8) is 0 Å². The van der Waals surface area contributed by atoms with Gasteiger partial charge in [0.25, 0.3) is 0 Å². The van der Waals surface area contributed by atoms with Crippen molar-refractivity contribution in [3.05, 3.63) is 65.2 Å². The number of sulfonamides is 1. The summed E-state index contributed by atoms with van der Waals surface area (Å²) in [4.78, 5) is 15.2. The van der Waals surface area contributed by atoms with Gasteiger partial charge in [-0.2, -0.15) is 0 Å². The van der Waals surface area contributed by atoms with E-state index in [0.29, 0.717) is 12.3 Å². The van der Waals surface area contributed by atoms with E-state index in [4.69, 9.17) is 11.6 Å². The zero-order valence-electron chi connectivity index (χ0n) is 16.6. The lowest BCUT2D eigenvalue weighted by Gasteiger charge is -2.33. The maximum absolute atomic E-state index is 13.2. The highest BCUT2D eigenvalue weighted by Gasteiger charge is 2.28. The first-order valence-corrected chi connectivity index (χ1v) is 11.8. The molecule has 0 radical (unpaired) electrons. The largest absolute Gasteiger partial charge is 0.342 e. The van der Waals surface area contributed by atoms with Crippen LogP contribution in [0, 0.1) is 5.92 Å². The molecular formula is C22H27ClN2O3S. The van der Waals surface area contributed by atoms with Gasteiger partial charge in [-0.3, -0.25) is 4.79 Å². The molecule has 29 heavy (non-hydrogen) atoms. The van der Waals surface area contributed by atoms with E-state index < -0.39 is 10.0 Å². The standard InChI is InChI=1S/C22H27ClN2O3S/c1-17-12-15-25(16-13-17)22(26)19(18-7-3-2-4-8-18)11-14-24-29(27,28)21-10-6-5-9-20(21)23/h2-10,17,19,24H,11-16H2,1H3. The van der Waals surface area contributed by atoms with Crippen LogP contribution in [-0.4, -0.2) is 38.9 Å². The van der Waals surface area contributed by atoms with Crippen LogP contribution in [0.3, 0.4) is 0 Å². The number of carbonyl (C=O) groups is 1. The summed E-state index contributed by atoms with van der Waals surface area (Å²) in [7, 11) is -3.73. The Kier molecular flexibility index (Phi) is 7.33. The highest BCUT2D eigenvalue weighted by atomic mass is 35.5. The van der Waals surface area contributed by atoms with Gasteiger partial charge in [-0.1, -0.05) is 61.0 Å². The minimum atomic E-state index is -3.73. The highest BCUT2D eigenvalue weighted by molar-refractivity contribution is 7.89. The maximum Gasteiger partial charge on any atom is 0.242 e. The molecule has 1 aliphatic heterocycles. The van der Waals surface area contributed by atoms with Crippen molar-refractivity contribution in [2.75, 3.05) is 19.6 Å². The van der Waals surface area contributed by atoms with E-state index >= 15 is 0 Å². The molecule has 1 N–H and O–H groups in total. The Morgan fingerprint density at radius 3 is 2.38 bits per heavy atom. The van der Waals surface area contributed by atoms with Gasteiger partial charge in [0, 0.05) is 19.6 Å². The summed E-state index contributed by atoms with van der Waals surface area (Å²) in [5.74, 6) is 0.329. The molecule has 7 heteroatoms. The predicted octanol–water partition coefficient (Wildman–Crippen LogP) is 4.05. The number of amides is 1. The van der Waals surface area contributed by atoms with Crippen LogP contribution in [0.5, 0.6) is 0 Å². The monoisotopic (exact) mass is 434 g/mol. The first-order valence-electron chi connectivity index (χ1n) is 9.96. The summed E-state index contributed by atoms with van der Waals surface area (Å²) in [5.41, 5.74) is 0.910. The summed E-state index contributed by atoms with van der Waals surface area (Å²) in [5, 5.41) is 0.179. The smallest absolute Gasteiger partial charge is 0.242 e. The molecule has 1 heterocycles. The number of carbonyl (C=O) groups excluding carboxylic acids is 1. The van der Waals surface area contributed by atoms with Crippen molar-refractivity contribution in [1.29, 1.82) is 0 Å². The molecule has 156 valence electrons. The van der Waals surface area contributed by atoms with Gasteiger partial charge in [-0.25, -0.2) is 13.1 Å². The van der Waals surface area contributed by atoms with Crippen LogP contribution < -0.4 is 4.72 Å². The molecule has 1 fully saturated rings. The SMILES string of the molecule is CC1CCN(C(=O)C(CCNS(=O)(=O)c2ccccc2Cl)c2ccccc2)CC1. The zero-order valence-corrected chi connectivity index (χ0v) is 18.1. The minimum Gasteiger partial charge on any atom is -0.342 e. The summed E-state index contributed by atoms with van der Waals surface area (Å²) < 4.78 is 27.8. The lowest BCUT2D eigenvalue weighted by Crippen LogP contribution is -2.41. The molecule has 3 rings (SSSR count). The molecule has 1 atom stereocenters. The number of nitrogens with one attached hydrogen (secondary N) is 1. The van der Waals surface area contributed by atoms with Crippen molar-refractivity contribution in [1.82, 2.24) is 9.62 Å². The highest BCUT2D eigenvalue weighted by Crippen LogP contribution is 2.26. The second-order valence-corrected chi connectivity index (χ2v) is 9.73. The Hall–Kier alpha value is -1.89. The van der Waals surface area contributed by atoms with Crippen molar-refractivity contribution in [3.8, 4) is 0 Å². The minimum absolute atomic E-state index is 0.0503. The van der Waals surface area contributed by atoms with Crippen LogP contribution >= 0.6 is 11.6 Å². The molecule has 2 aromatic carbocycles. The molecule has 0 saturated carbocycles. The number of halogens is 1. The van der Waals surface area contributed by atoms with E-state index in [9.17, 15) is 13.2 Å². The molecule has 1 amide bonds. The van der Waals surface area contributed by atoms with Gasteiger partial charge in [-0.15, -0.1) is 0 Å². The molecule has 2 aromatic rings. The van der Waals surface area contributed by atoms with E-state index in [2.05, 4.69) is 11.6 Å². The third-order valence-corrected chi connectivity index (χ3v) is 7.41. The second kappa shape index (κ2) is 9.74. The zero-order chi connectivity index (χ0) is 20.9. The summed E-state index contributed by atoms with van der Waals surface area (Å²) in [6.45, 7) is 3.88. The van der Waals surface area contributed by atoms with Crippen molar-refractivity contribution in [2.24, 2.45) is 5.92 Å². The average Bonchev–Trinajstić information content (AvgIpc) is 2.72. The summed E-state index contributed by atoms with van der Waals surface area (Å²) >= 11 is 6.03. The molecular weight excluding hydrogens is 408 g/mol. The molecule has 0 aromatic heterocycles. The maximum atomic E-state index is 13.2. The van der Waals surface area contributed by atoms with Gasteiger partial charge < -0.3 is 4.90 Å². The quantitative estimate of drug-likeness (QED) is 0.714. The molecule has 1 unspecified atom stereocenters. The van der Waals surface area contributed by atoms with E-state index in [1.165, 1.54) is 6.07 Å². The van der Waals surface area contributed by atoms with E-state index in [1.807, 2.05) is 35.2 Å². The average molecular weight is 435 g/mol. The Morgan fingerprint density at radius 2 is 1.72 bits per heavy atom. The van der Waals surface area contributed by atoms with E-state index in [0.717, 1.165) is 31.5 Å². The van der Waals surface area contributed by atoms with Gasteiger partial charge in [0.1, 0.15) is 4.90 Å². The number of nitrogens with zero attached hydrogens (tertiary/aromatic N) is 1. The van der Waals surface area contributed by atoms with Gasteiger partial charge in [0.05, 0.1) is 10.9 Å². The van der Waals surface area contributed by atoms with Crippen LogP contribution in [0.2, 0.25) is 5.02 Å². The van der Waals surface area contributed by atoms with E-state index in [1.54, 1.807) is 18.2 Å². The van der Waals surface area contributed by atoms with Gasteiger partial charge in [0.15, 0.2) is 0 Å². The molecule has 1 aliphatic rings. The fraction of sp³-hybridized carbons (Fsp3) is 0.409. The van der Waals surface area contributed by atoms with Crippen LogP contribution in [-0.2, 0) is 14.8 Å². The number of hydrogen-bond donors (Lipinski definition) is 1. The van der Waals surface area contributed by atoms with Crippen LogP contribution in [0.25, 0.3) is 0 Å². The first kappa shape index (κ1) is 21.8.